The number of carbonyl (C=O) groups excluding carboxylic acids is 1. The number of carbonyl (C=O) groups is 1. The molecule has 0 spiro atoms. The van der Waals surface area contributed by atoms with Gasteiger partial charge in [0.1, 0.15) is 12.4 Å². The van der Waals surface area contributed by atoms with Crippen LogP contribution in [0, 0.1) is 0 Å². The molecule has 5 heteroatoms. The minimum atomic E-state index is 0. The molecule has 1 unspecified atom stereocenters. The minimum Gasteiger partial charge on any atom is -0.491 e. The lowest BCUT2D eigenvalue weighted by atomic mass is 10.2. The van der Waals surface area contributed by atoms with E-state index in [4.69, 9.17) is 4.74 Å². The number of rotatable bonds is 7. The number of nitrogens with zero attached hydrogens (tertiary/aromatic N) is 2. The summed E-state index contributed by atoms with van der Waals surface area (Å²) in [4.78, 5) is 15.7. The Kier molecular flexibility index (Phi) is 9.01. The molecule has 0 saturated carbocycles. The Labute approximate surface area is 128 Å². The van der Waals surface area contributed by atoms with Crippen molar-refractivity contribution in [2.75, 3.05) is 34.3 Å². The molecule has 1 amide bonds. The van der Waals surface area contributed by atoms with Crippen LogP contribution in [0.5, 0.6) is 5.75 Å². The molecule has 1 rings (SSSR count). The molecule has 20 heavy (non-hydrogen) atoms. The van der Waals surface area contributed by atoms with E-state index in [9.17, 15) is 4.79 Å². The molecule has 0 N–H and O–H groups in total. The predicted octanol–water partition coefficient (Wildman–Crippen LogP) is 2.29. The average Bonchev–Trinajstić information content (AvgIpc) is 2.42. The van der Waals surface area contributed by atoms with Gasteiger partial charge in [-0.1, -0.05) is 18.2 Å². The van der Waals surface area contributed by atoms with E-state index in [-0.39, 0.29) is 24.4 Å². The van der Waals surface area contributed by atoms with Gasteiger partial charge >= 0.3 is 0 Å². The zero-order chi connectivity index (χ0) is 14.3. The van der Waals surface area contributed by atoms with Crippen molar-refractivity contribution in [2.24, 2.45) is 0 Å². The van der Waals surface area contributed by atoms with Crippen LogP contribution in [-0.4, -0.2) is 56.0 Å². The number of hydrogen-bond donors (Lipinski definition) is 0. The third-order valence-corrected chi connectivity index (χ3v) is 3.06. The van der Waals surface area contributed by atoms with Crippen LogP contribution in [0.25, 0.3) is 0 Å². The number of amides is 1. The number of likely N-dealkylation sites (N-methyl/N-ethyl adjacent to an activating group) is 1. The normalized spacial score (nSPS) is 11.7. The quantitative estimate of drug-likeness (QED) is 0.774. The molecule has 0 aliphatic rings. The molecular weight excluding hydrogens is 276 g/mol. The molecule has 1 atom stereocenters. The lowest BCUT2D eigenvalue weighted by molar-refractivity contribution is -0.132. The summed E-state index contributed by atoms with van der Waals surface area (Å²) in [5.41, 5.74) is 0. The second kappa shape index (κ2) is 9.61. The third kappa shape index (κ3) is 6.78. The van der Waals surface area contributed by atoms with Gasteiger partial charge in [0.25, 0.3) is 0 Å². The minimum absolute atomic E-state index is 0. The molecule has 0 aliphatic heterocycles. The van der Waals surface area contributed by atoms with Gasteiger partial charge in [0.2, 0.25) is 5.91 Å². The van der Waals surface area contributed by atoms with Gasteiger partial charge in [-0.2, -0.15) is 0 Å². The van der Waals surface area contributed by atoms with Crippen molar-refractivity contribution in [1.29, 1.82) is 0 Å². The van der Waals surface area contributed by atoms with Gasteiger partial charge in [-0.25, -0.2) is 0 Å². The molecule has 0 fully saturated rings. The Morgan fingerprint density at radius 1 is 1.20 bits per heavy atom. The fourth-order valence-electron chi connectivity index (χ4n) is 1.59. The van der Waals surface area contributed by atoms with E-state index in [0.717, 1.165) is 12.3 Å². The maximum atomic E-state index is 11.9. The molecule has 1 aromatic rings. The van der Waals surface area contributed by atoms with Crippen LogP contribution in [0.2, 0.25) is 0 Å². The Balaban J connectivity index is 0.00000361. The van der Waals surface area contributed by atoms with Gasteiger partial charge in [-0.15, -0.1) is 12.4 Å². The summed E-state index contributed by atoms with van der Waals surface area (Å²) in [6, 6.07) is 9.72. The Hall–Kier alpha value is -1.26. The molecule has 0 heterocycles. The largest absolute Gasteiger partial charge is 0.491 e. The molecule has 4 nitrogen and oxygen atoms in total. The van der Waals surface area contributed by atoms with Gasteiger partial charge in [-0.3, -0.25) is 4.79 Å². The first kappa shape index (κ1) is 18.7. The number of ether oxygens (including phenoxy) is 1. The van der Waals surface area contributed by atoms with Crippen molar-refractivity contribution in [3.8, 4) is 5.75 Å². The second-order valence-electron chi connectivity index (χ2n) is 5.03. The van der Waals surface area contributed by atoms with E-state index in [1.54, 1.807) is 4.90 Å². The summed E-state index contributed by atoms with van der Waals surface area (Å²) in [6.07, 6.45) is 0.541. The highest BCUT2D eigenvalue weighted by Crippen LogP contribution is 2.10. The zero-order valence-electron chi connectivity index (χ0n) is 12.7. The summed E-state index contributed by atoms with van der Waals surface area (Å²) in [5.74, 6) is 0.987. The van der Waals surface area contributed by atoms with Crippen LogP contribution in [0.3, 0.4) is 0 Å². The summed E-state index contributed by atoms with van der Waals surface area (Å²) < 4.78 is 5.66. The number of benzene rings is 1. The molecule has 1 aromatic carbocycles. The fraction of sp³-hybridized carbons (Fsp3) is 0.533. The second-order valence-corrected chi connectivity index (χ2v) is 5.03. The highest BCUT2D eigenvalue weighted by molar-refractivity contribution is 5.85. The maximum Gasteiger partial charge on any atom is 0.223 e. The van der Waals surface area contributed by atoms with Gasteiger partial charge in [0.15, 0.2) is 0 Å². The zero-order valence-corrected chi connectivity index (χ0v) is 13.5. The van der Waals surface area contributed by atoms with E-state index >= 15 is 0 Å². The highest BCUT2D eigenvalue weighted by Gasteiger charge is 2.16. The van der Waals surface area contributed by atoms with Gasteiger partial charge < -0.3 is 14.5 Å². The molecule has 0 saturated heterocycles. The van der Waals surface area contributed by atoms with Crippen molar-refractivity contribution >= 4 is 18.3 Å². The Morgan fingerprint density at radius 2 is 1.80 bits per heavy atom. The van der Waals surface area contributed by atoms with E-state index in [2.05, 4.69) is 0 Å². The van der Waals surface area contributed by atoms with Crippen LogP contribution in [0.1, 0.15) is 13.3 Å². The van der Waals surface area contributed by atoms with Crippen LogP contribution >= 0.6 is 12.4 Å². The number of hydrogen-bond acceptors (Lipinski definition) is 3. The lowest BCUT2D eigenvalue weighted by Crippen LogP contribution is -2.39. The van der Waals surface area contributed by atoms with Crippen molar-refractivity contribution in [1.82, 2.24) is 9.80 Å². The van der Waals surface area contributed by atoms with Gasteiger partial charge in [0, 0.05) is 20.0 Å². The molecular formula is C15H25ClN2O2. The van der Waals surface area contributed by atoms with E-state index in [0.29, 0.717) is 13.0 Å². The summed E-state index contributed by atoms with van der Waals surface area (Å²) >= 11 is 0. The smallest absolute Gasteiger partial charge is 0.223 e. The highest BCUT2D eigenvalue weighted by atomic mass is 35.5. The Bertz CT molecular complexity index is 385. The first-order valence-electron chi connectivity index (χ1n) is 6.59. The van der Waals surface area contributed by atoms with E-state index in [1.165, 1.54) is 0 Å². The van der Waals surface area contributed by atoms with Crippen molar-refractivity contribution in [3.63, 3.8) is 0 Å². The van der Waals surface area contributed by atoms with Crippen molar-refractivity contribution in [2.45, 2.75) is 19.4 Å². The maximum absolute atomic E-state index is 11.9. The predicted molar refractivity (Wildman–Crippen MR) is 84.6 cm³/mol. The van der Waals surface area contributed by atoms with Crippen LogP contribution in [-0.2, 0) is 4.79 Å². The summed E-state index contributed by atoms with van der Waals surface area (Å²) in [5, 5.41) is 0. The molecule has 0 aromatic heterocycles. The summed E-state index contributed by atoms with van der Waals surface area (Å²) in [6.45, 7) is 3.28. The number of halogens is 1. The molecule has 0 aliphatic carbocycles. The first-order valence-corrected chi connectivity index (χ1v) is 6.59. The van der Waals surface area contributed by atoms with Crippen molar-refractivity contribution in [3.05, 3.63) is 30.3 Å². The molecule has 0 radical (unpaired) electrons. The van der Waals surface area contributed by atoms with E-state index < -0.39 is 0 Å². The lowest BCUT2D eigenvalue weighted by Gasteiger charge is -2.25. The van der Waals surface area contributed by atoms with E-state index in [1.807, 2.05) is 63.3 Å². The van der Waals surface area contributed by atoms with Crippen LogP contribution < -0.4 is 4.74 Å². The SMILES string of the molecule is CC(COc1ccccc1)N(C)C(=O)CCN(C)C.Cl. The first-order chi connectivity index (χ1) is 9.00. The number of para-hydroxylation sites is 1. The van der Waals surface area contributed by atoms with Crippen LogP contribution in [0.4, 0.5) is 0 Å². The molecule has 0 bridgehead atoms. The van der Waals surface area contributed by atoms with Gasteiger partial charge in [-0.05, 0) is 33.2 Å². The molecule has 114 valence electrons. The monoisotopic (exact) mass is 300 g/mol. The fourth-order valence-corrected chi connectivity index (χ4v) is 1.59. The standard InChI is InChI=1S/C15H24N2O2.ClH/c1-13(12-19-14-8-6-5-7-9-14)17(4)15(18)10-11-16(2)3;/h5-9,13H,10-12H2,1-4H3;1H. The average molecular weight is 301 g/mol. The Morgan fingerprint density at radius 3 is 2.35 bits per heavy atom. The summed E-state index contributed by atoms with van der Waals surface area (Å²) in [7, 11) is 5.77. The van der Waals surface area contributed by atoms with Crippen molar-refractivity contribution < 1.29 is 9.53 Å². The topological polar surface area (TPSA) is 32.8 Å². The van der Waals surface area contributed by atoms with Crippen LogP contribution in [0.15, 0.2) is 30.3 Å². The van der Waals surface area contributed by atoms with Gasteiger partial charge in [0.05, 0.1) is 6.04 Å². The third-order valence-electron chi connectivity index (χ3n) is 3.06.